The fraction of sp³-hybridized carbons (Fsp3) is 0.550. The lowest BCUT2D eigenvalue weighted by molar-refractivity contribution is -0.159. The van der Waals surface area contributed by atoms with Gasteiger partial charge in [0.15, 0.2) is 0 Å². The van der Waals surface area contributed by atoms with E-state index in [9.17, 15) is 18.0 Å². The van der Waals surface area contributed by atoms with Gasteiger partial charge in [0.05, 0.1) is 0 Å². The molecule has 2 aliphatic rings. The van der Waals surface area contributed by atoms with Crippen LogP contribution in [0.1, 0.15) is 42.4 Å². The van der Waals surface area contributed by atoms with Crippen molar-refractivity contribution >= 4 is 5.91 Å². The van der Waals surface area contributed by atoms with Crippen molar-refractivity contribution in [1.82, 2.24) is 20.4 Å². The Bertz CT molecular complexity index is 853. The van der Waals surface area contributed by atoms with Crippen LogP contribution in [0.3, 0.4) is 0 Å². The van der Waals surface area contributed by atoms with Crippen LogP contribution in [0.2, 0.25) is 0 Å². The Kier molecular flexibility index (Phi) is 5.33. The highest BCUT2D eigenvalue weighted by atomic mass is 19.4. The highest BCUT2D eigenvalue weighted by Gasteiger charge is 2.38. The summed E-state index contributed by atoms with van der Waals surface area (Å²) in [6.07, 6.45) is -0.707. The molecule has 2 fully saturated rings. The fourth-order valence-corrected chi connectivity index (χ4v) is 4.43. The van der Waals surface area contributed by atoms with Crippen molar-refractivity contribution in [3.63, 3.8) is 0 Å². The summed E-state index contributed by atoms with van der Waals surface area (Å²) in [6, 6.07) is 6.11. The van der Waals surface area contributed by atoms with E-state index in [4.69, 9.17) is 0 Å². The van der Waals surface area contributed by atoms with Crippen molar-refractivity contribution in [3.05, 3.63) is 35.7 Å². The summed E-state index contributed by atoms with van der Waals surface area (Å²) in [7, 11) is 0. The number of benzene rings is 1. The number of carbonyl (C=O) groups excluding carboxylic acids is 1. The maximum atomic E-state index is 12.6. The minimum absolute atomic E-state index is 0.00577. The molecule has 29 heavy (non-hydrogen) atoms. The second-order valence-electron chi connectivity index (χ2n) is 8.14. The van der Waals surface area contributed by atoms with Gasteiger partial charge < -0.3 is 14.7 Å². The van der Waals surface area contributed by atoms with E-state index in [0.717, 1.165) is 31.5 Å². The second kappa shape index (κ2) is 7.78. The summed E-state index contributed by atoms with van der Waals surface area (Å²) in [5.74, 6) is -0.181. The molecule has 6 nitrogen and oxygen atoms in total. The van der Waals surface area contributed by atoms with Gasteiger partial charge in [0, 0.05) is 36.8 Å². The SMILES string of the molecule is CC(CN1C[C@@H]2CC[C@@H](C2)C1)NC(=O)c1ccc(-c2noc(C(F)(F)F)n2)cc1. The quantitative estimate of drug-likeness (QED) is 0.819. The van der Waals surface area contributed by atoms with Crippen LogP contribution in [-0.4, -0.2) is 46.6 Å². The summed E-state index contributed by atoms with van der Waals surface area (Å²) >= 11 is 0. The number of nitrogens with zero attached hydrogens (tertiary/aromatic N) is 3. The predicted molar refractivity (Wildman–Crippen MR) is 98.9 cm³/mol. The number of fused-ring (bicyclic) bond motifs is 2. The number of nitrogens with one attached hydrogen (secondary N) is 1. The third-order valence-corrected chi connectivity index (χ3v) is 5.67. The zero-order valence-electron chi connectivity index (χ0n) is 16.1. The smallest absolute Gasteiger partial charge is 0.348 e. The monoisotopic (exact) mass is 408 g/mol. The fourth-order valence-electron chi connectivity index (χ4n) is 4.43. The van der Waals surface area contributed by atoms with Gasteiger partial charge in [-0.3, -0.25) is 4.79 Å². The van der Waals surface area contributed by atoms with Crippen LogP contribution in [0.4, 0.5) is 13.2 Å². The molecular weight excluding hydrogens is 385 g/mol. The summed E-state index contributed by atoms with van der Waals surface area (Å²) in [4.78, 5) is 18.3. The molecule has 1 aromatic carbocycles. The average Bonchev–Trinajstić information content (AvgIpc) is 3.28. The molecular formula is C20H23F3N4O2. The molecule has 3 atom stereocenters. The maximum absolute atomic E-state index is 12.6. The summed E-state index contributed by atoms with van der Waals surface area (Å²) < 4.78 is 41.9. The molecule has 1 aliphatic heterocycles. The Morgan fingerprint density at radius 3 is 2.48 bits per heavy atom. The minimum Gasteiger partial charge on any atom is -0.348 e. The number of halogens is 3. The van der Waals surface area contributed by atoms with Crippen molar-refractivity contribution < 1.29 is 22.5 Å². The Balaban J connectivity index is 1.33. The third kappa shape index (κ3) is 4.60. The first-order valence-corrected chi connectivity index (χ1v) is 9.82. The van der Waals surface area contributed by atoms with E-state index in [1.807, 2.05) is 6.92 Å². The number of carbonyl (C=O) groups is 1. The van der Waals surface area contributed by atoms with E-state index in [-0.39, 0.29) is 17.8 Å². The highest BCUT2D eigenvalue weighted by Crippen LogP contribution is 2.36. The summed E-state index contributed by atoms with van der Waals surface area (Å²) in [5, 5.41) is 6.34. The number of rotatable bonds is 5. The van der Waals surface area contributed by atoms with Gasteiger partial charge in [0.2, 0.25) is 5.82 Å². The van der Waals surface area contributed by atoms with Gasteiger partial charge in [-0.2, -0.15) is 18.2 Å². The zero-order chi connectivity index (χ0) is 20.6. The first-order valence-electron chi connectivity index (χ1n) is 9.82. The summed E-state index contributed by atoms with van der Waals surface area (Å²) in [5.41, 5.74) is 0.775. The van der Waals surface area contributed by atoms with Crippen molar-refractivity contribution in [2.75, 3.05) is 19.6 Å². The maximum Gasteiger partial charge on any atom is 0.471 e. The van der Waals surface area contributed by atoms with E-state index in [2.05, 4.69) is 24.9 Å². The number of likely N-dealkylation sites (tertiary alicyclic amines) is 1. The zero-order valence-corrected chi connectivity index (χ0v) is 16.1. The van der Waals surface area contributed by atoms with Crippen molar-refractivity contribution in [2.45, 2.75) is 38.4 Å². The lowest BCUT2D eigenvalue weighted by Crippen LogP contribution is -2.46. The molecule has 4 rings (SSSR count). The number of alkyl halides is 3. The van der Waals surface area contributed by atoms with Crippen LogP contribution in [0.15, 0.2) is 28.8 Å². The molecule has 2 heterocycles. The van der Waals surface area contributed by atoms with E-state index in [1.165, 1.54) is 31.4 Å². The molecule has 2 bridgehead atoms. The van der Waals surface area contributed by atoms with E-state index in [1.54, 1.807) is 12.1 Å². The van der Waals surface area contributed by atoms with Crippen LogP contribution < -0.4 is 5.32 Å². The predicted octanol–water partition coefficient (Wildman–Crippen LogP) is 3.61. The molecule has 0 spiro atoms. The molecule has 1 aromatic heterocycles. The highest BCUT2D eigenvalue weighted by molar-refractivity contribution is 5.94. The average molecular weight is 408 g/mol. The molecule has 1 amide bonds. The first-order chi connectivity index (χ1) is 13.8. The molecule has 1 saturated heterocycles. The molecule has 1 unspecified atom stereocenters. The Hall–Kier alpha value is -2.42. The van der Waals surface area contributed by atoms with Crippen LogP contribution in [0, 0.1) is 11.8 Å². The van der Waals surface area contributed by atoms with Gasteiger partial charge in [-0.1, -0.05) is 17.3 Å². The Morgan fingerprint density at radius 2 is 1.90 bits per heavy atom. The van der Waals surface area contributed by atoms with Crippen molar-refractivity contribution in [1.29, 1.82) is 0 Å². The number of hydrogen-bond acceptors (Lipinski definition) is 5. The number of amides is 1. The molecule has 9 heteroatoms. The Labute approximate surface area is 166 Å². The lowest BCUT2D eigenvalue weighted by atomic mass is 9.98. The molecule has 0 radical (unpaired) electrons. The van der Waals surface area contributed by atoms with Crippen LogP contribution >= 0.6 is 0 Å². The number of aromatic nitrogens is 2. The molecule has 1 saturated carbocycles. The van der Waals surface area contributed by atoms with E-state index < -0.39 is 12.1 Å². The molecule has 1 aliphatic carbocycles. The largest absolute Gasteiger partial charge is 0.471 e. The first kappa shape index (κ1) is 19.9. The van der Waals surface area contributed by atoms with Crippen LogP contribution in [0.25, 0.3) is 11.4 Å². The van der Waals surface area contributed by atoms with Gasteiger partial charge in [0.1, 0.15) is 0 Å². The van der Waals surface area contributed by atoms with E-state index in [0.29, 0.717) is 11.1 Å². The lowest BCUT2D eigenvalue weighted by Gasteiger charge is -2.33. The van der Waals surface area contributed by atoms with Crippen molar-refractivity contribution in [2.24, 2.45) is 11.8 Å². The third-order valence-electron chi connectivity index (χ3n) is 5.67. The summed E-state index contributed by atoms with van der Waals surface area (Å²) in [6.45, 7) is 5.02. The number of piperidine rings is 1. The van der Waals surface area contributed by atoms with Gasteiger partial charge in [-0.25, -0.2) is 0 Å². The molecule has 156 valence electrons. The number of hydrogen-bond donors (Lipinski definition) is 1. The standard InChI is InChI=1S/C20H23F3N4O2/c1-12(9-27-10-13-2-3-14(8-13)11-27)24-18(28)16-6-4-15(5-7-16)17-25-19(29-26-17)20(21,22)23/h4-7,12-14H,2-3,8-11H2,1H3,(H,24,28)/t12?,13-,14+. The van der Waals surface area contributed by atoms with Crippen LogP contribution in [0.5, 0.6) is 0 Å². The van der Waals surface area contributed by atoms with Crippen molar-refractivity contribution in [3.8, 4) is 11.4 Å². The second-order valence-corrected chi connectivity index (χ2v) is 8.14. The van der Waals surface area contributed by atoms with Gasteiger partial charge >= 0.3 is 12.1 Å². The van der Waals surface area contributed by atoms with Gasteiger partial charge in [0.25, 0.3) is 5.91 Å². The molecule has 2 aromatic rings. The Morgan fingerprint density at radius 1 is 1.24 bits per heavy atom. The topological polar surface area (TPSA) is 71.3 Å². The normalized spacial score (nSPS) is 23.2. The van der Waals surface area contributed by atoms with E-state index >= 15 is 0 Å². The minimum atomic E-state index is -4.69. The van der Waals surface area contributed by atoms with Gasteiger partial charge in [-0.05, 0) is 50.2 Å². The van der Waals surface area contributed by atoms with Gasteiger partial charge in [-0.15, -0.1) is 0 Å². The molecule has 1 N–H and O–H groups in total. The van der Waals surface area contributed by atoms with Crippen LogP contribution in [-0.2, 0) is 6.18 Å².